The summed E-state index contributed by atoms with van der Waals surface area (Å²) >= 11 is 4.84. The maximum absolute atomic E-state index is 12.1. The zero-order valence-electron chi connectivity index (χ0n) is 15.1. The van der Waals surface area contributed by atoms with Crippen LogP contribution in [0.2, 0.25) is 0 Å². The smallest absolute Gasteiger partial charge is 0.234 e. The molecule has 0 saturated heterocycles. The first-order valence-electron chi connectivity index (χ1n) is 8.30. The van der Waals surface area contributed by atoms with Crippen LogP contribution in [0.1, 0.15) is 27.2 Å². The fourth-order valence-corrected chi connectivity index (χ4v) is 3.39. The molecule has 2 N–H and O–H groups in total. The van der Waals surface area contributed by atoms with Gasteiger partial charge in [0.2, 0.25) is 11.8 Å². The van der Waals surface area contributed by atoms with Crippen LogP contribution in [0, 0.1) is 5.41 Å². The van der Waals surface area contributed by atoms with Gasteiger partial charge >= 0.3 is 0 Å². The second-order valence-corrected chi connectivity index (χ2v) is 9.03. The van der Waals surface area contributed by atoms with Gasteiger partial charge in [0.15, 0.2) is 0 Å². The molecule has 0 atom stereocenters. The molecule has 2 aromatic carbocycles. The van der Waals surface area contributed by atoms with Crippen LogP contribution in [0.3, 0.4) is 0 Å². The van der Waals surface area contributed by atoms with E-state index in [-0.39, 0.29) is 17.2 Å². The molecule has 26 heavy (non-hydrogen) atoms. The number of carbonyl (C=O) groups excluding carboxylic acids is 2. The van der Waals surface area contributed by atoms with Crippen LogP contribution in [-0.2, 0) is 9.59 Å². The molecule has 2 amide bonds. The van der Waals surface area contributed by atoms with E-state index in [0.717, 1.165) is 20.7 Å². The topological polar surface area (TPSA) is 58.2 Å². The van der Waals surface area contributed by atoms with E-state index in [1.165, 1.54) is 11.8 Å². The Hall–Kier alpha value is -1.79. The Bertz CT molecular complexity index is 787. The number of anilines is 2. The van der Waals surface area contributed by atoms with Crippen molar-refractivity contribution in [1.29, 1.82) is 0 Å². The van der Waals surface area contributed by atoms with Gasteiger partial charge in [0.1, 0.15) is 0 Å². The molecule has 2 aromatic rings. The van der Waals surface area contributed by atoms with Gasteiger partial charge in [-0.15, -0.1) is 11.8 Å². The number of carbonyl (C=O) groups is 2. The second kappa shape index (κ2) is 9.24. The normalized spacial score (nSPS) is 11.1. The molecule has 0 spiro atoms. The van der Waals surface area contributed by atoms with Gasteiger partial charge in [-0.1, -0.05) is 39.0 Å². The van der Waals surface area contributed by atoms with E-state index in [4.69, 9.17) is 0 Å². The van der Waals surface area contributed by atoms with Crippen molar-refractivity contribution < 1.29 is 9.59 Å². The van der Waals surface area contributed by atoms with Crippen LogP contribution in [0.25, 0.3) is 0 Å². The molecule has 0 aliphatic heterocycles. The van der Waals surface area contributed by atoms with Crippen LogP contribution >= 0.6 is 27.7 Å². The molecule has 6 heteroatoms. The highest BCUT2D eigenvalue weighted by molar-refractivity contribution is 9.10. The van der Waals surface area contributed by atoms with Crippen LogP contribution in [0.5, 0.6) is 0 Å². The van der Waals surface area contributed by atoms with Crippen LogP contribution < -0.4 is 10.6 Å². The van der Waals surface area contributed by atoms with E-state index >= 15 is 0 Å². The number of rotatable bonds is 6. The monoisotopic (exact) mass is 434 g/mol. The van der Waals surface area contributed by atoms with Crippen molar-refractivity contribution in [2.75, 3.05) is 16.4 Å². The summed E-state index contributed by atoms with van der Waals surface area (Å²) in [6, 6.07) is 15.0. The largest absolute Gasteiger partial charge is 0.326 e. The highest BCUT2D eigenvalue weighted by atomic mass is 79.9. The Balaban J connectivity index is 1.89. The predicted molar refractivity (Wildman–Crippen MR) is 113 cm³/mol. The van der Waals surface area contributed by atoms with Gasteiger partial charge in [0.25, 0.3) is 0 Å². The molecule has 2 rings (SSSR count). The number of thioether (sulfide) groups is 1. The summed E-state index contributed by atoms with van der Waals surface area (Å²) in [4.78, 5) is 25.1. The summed E-state index contributed by atoms with van der Waals surface area (Å²) in [5.41, 5.74) is 1.44. The lowest BCUT2D eigenvalue weighted by molar-refractivity contribution is -0.118. The summed E-state index contributed by atoms with van der Waals surface area (Å²) in [5, 5.41) is 5.79. The number of benzene rings is 2. The van der Waals surface area contributed by atoms with Gasteiger partial charge in [-0.05, 0) is 51.7 Å². The van der Waals surface area contributed by atoms with Crippen LogP contribution in [0.15, 0.2) is 57.9 Å². The van der Waals surface area contributed by atoms with E-state index in [0.29, 0.717) is 12.2 Å². The number of amides is 2. The minimum Gasteiger partial charge on any atom is -0.326 e. The first kappa shape index (κ1) is 20.5. The van der Waals surface area contributed by atoms with Crippen molar-refractivity contribution in [1.82, 2.24) is 0 Å². The van der Waals surface area contributed by atoms with Crippen molar-refractivity contribution in [3.05, 3.63) is 53.0 Å². The van der Waals surface area contributed by atoms with E-state index in [9.17, 15) is 9.59 Å². The molecule has 0 aromatic heterocycles. The minimum absolute atomic E-state index is 0.00804. The Morgan fingerprint density at radius 2 is 1.73 bits per heavy atom. The summed E-state index contributed by atoms with van der Waals surface area (Å²) in [5.74, 6) is 0.205. The third-order valence-corrected chi connectivity index (χ3v) is 5.01. The number of hydrogen-bond acceptors (Lipinski definition) is 3. The molecular weight excluding hydrogens is 412 g/mol. The van der Waals surface area contributed by atoms with Gasteiger partial charge in [0.05, 0.1) is 11.4 Å². The lowest BCUT2D eigenvalue weighted by Gasteiger charge is -2.17. The number of halogens is 1. The molecular formula is C20H23BrN2O2S. The Morgan fingerprint density at radius 3 is 2.42 bits per heavy atom. The minimum atomic E-state index is -0.0796. The summed E-state index contributed by atoms with van der Waals surface area (Å²) in [6.45, 7) is 6.09. The van der Waals surface area contributed by atoms with Crippen molar-refractivity contribution in [2.45, 2.75) is 32.1 Å². The van der Waals surface area contributed by atoms with Gasteiger partial charge in [-0.2, -0.15) is 0 Å². The van der Waals surface area contributed by atoms with Crippen molar-refractivity contribution in [3.63, 3.8) is 0 Å². The third kappa shape index (κ3) is 7.22. The Labute approximate surface area is 167 Å². The van der Waals surface area contributed by atoms with Gasteiger partial charge < -0.3 is 10.6 Å². The lowest BCUT2D eigenvalue weighted by atomic mass is 9.92. The van der Waals surface area contributed by atoms with Gasteiger partial charge in [-0.3, -0.25) is 9.59 Å². The SMILES string of the molecule is CC(C)(C)CC(=O)Nc1cccc(SCC(=O)Nc2ccccc2Br)c1. The van der Waals surface area contributed by atoms with E-state index < -0.39 is 0 Å². The zero-order valence-corrected chi connectivity index (χ0v) is 17.5. The zero-order chi connectivity index (χ0) is 19.2. The fraction of sp³-hybridized carbons (Fsp3) is 0.300. The molecule has 0 bridgehead atoms. The number of nitrogens with one attached hydrogen (secondary N) is 2. The average Bonchev–Trinajstić information content (AvgIpc) is 2.54. The van der Waals surface area contributed by atoms with E-state index in [1.807, 2.05) is 69.3 Å². The van der Waals surface area contributed by atoms with E-state index in [1.54, 1.807) is 0 Å². The summed E-state index contributed by atoms with van der Waals surface area (Å²) in [7, 11) is 0. The highest BCUT2D eigenvalue weighted by Gasteiger charge is 2.16. The molecule has 0 aliphatic carbocycles. The van der Waals surface area contributed by atoms with Crippen LogP contribution in [-0.4, -0.2) is 17.6 Å². The third-order valence-electron chi connectivity index (χ3n) is 3.33. The first-order chi connectivity index (χ1) is 12.2. The average molecular weight is 435 g/mol. The molecule has 0 fully saturated rings. The lowest BCUT2D eigenvalue weighted by Crippen LogP contribution is -2.19. The molecule has 0 saturated carbocycles. The fourth-order valence-electron chi connectivity index (χ4n) is 2.25. The van der Waals surface area contributed by atoms with Crippen molar-refractivity contribution in [2.24, 2.45) is 5.41 Å². The van der Waals surface area contributed by atoms with Gasteiger partial charge in [-0.25, -0.2) is 0 Å². The maximum atomic E-state index is 12.1. The van der Waals surface area contributed by atoms with Crippen LogP contribution in [0.4, 0.5) is 11.4 Å². The molecule has 138 valence electrons. The standard InChI is InChI=1S/C20H23BrN2O2S/c1-20(2,3)12-18(24)22-14-7-6-8-15(11-14)26-13-19(25)23-17-10-5-4-9-16(17)21/h4-11H,12-13H2,1-3H3,(H,22,24)(H,23,25). The predicted octanol–water partition coefficient (Wildman–Crippen LogP) is 5.55. The Morgan fingerprint density at radius 1 is 1.00 bits per heavy atom. The molecule has 4 nitrogen and oxygen atoms in total. The van der Waals surface area contributed by atoms with Crippen molar-refractivity contribution in [3.8, 4) is 0 Å². The second-order valence-electron chi connectivity index (χ2n) is 7.13. The highest BCUT2D eigenvalue weighted by Crippen LogP contribution is 2.25. The quantitative estimate of drug-likeness (QED) is 0.585. The molecule has 0 radical (unpaired) electrons. The Kier molecular flexibility index (Phi) is 7.29. The molecule has 0 unspecified atom stereocenters. The first-order valence-corrected chi connectivity index (χ1v) is 10.1. The molecule has 0 heterocycles. The summed E-state index contributed by atoms with van der Waals surface area (Å²) < 4.78 is 0.849. The maximum Gasteiger partial charge on any atom is 0.234 e. The number of hydrogen-bond donors (Lipinski definition) is 2. The summed E-state index contributed by atoms with van der Waals surface area (Å²) in [6.07, 6.45) is 0.457. The van der Waals surface area contributed by atoms with Gasteiger partial charge in [0, 0.05) is 21.5 Å². The van der Waals surface area contributed by atoms with E-state index in [2.05, 4.69) is 26.6 Å². The number of para-hydroxylation sites is 1. The van der Waals surface area contributed by atoms with Crippen molar-refractivity contribution >= 4 is 50.9 Å². The molecule has 0 aliphatic rings.